The number of anilines is 1. The molecule has 5 heteroatoms. The van der Waals surface area contributed by atoms with Crippen LogP contribution < -0.4 is 5.73 Å². The zero-order valence-electron chi connectivity index (χ0n) is 12.5. The van der Waals surface area contributed by atoms with Crippen LogP contribution in [0.1, 0.15) is 24.6 Å². The monoisotopic (exact) mass is 294 g/mol. The van der Waals surface area contributed by atoms with Crippen molar-refractivity contribution in [3.8, 4) is 11.3 Å². The zero-order valence-corrected chi connectivity index (χ0v) is 12.5. The number of pyridine rings is 1. The SMILES string of the molecule is CCCc1nc(N)nc2ccc(-c3ccc(CO)cc3)nc12. The van der Waals surface area contributed by atoms with Crippen LogP contribution in [0.4, 0.5) is 5.95 Å². The number of rotatable bonds is 4. The molecule has 0 fully saturated rings. The molecule has 0 aliphatic rings. The summed E-state index contributed by atoms with van der Waals surface area (Å²) >= 11 is 0. The summed E-state index contributed by atoms with van der Waals surface area (Å²) in [6.07, 6.45) is 1.80. The highest BCUT2D eigenvalue weighted by Gasteiger charge is 2.09. The topological polar surface area (TPSA) is 84.9 Å². The van der Waals surface area contributed by atoms with Crippen molar-refractivity contribution in [2.75, 3.05) is 5.73 Å². The summed E-state index contributed by atoms with van der Waals surface area (Å²) in [7, 11) is 0. The van der Waals surface area contributed by atoms with Crippen molar-refractivity contribution in [2.24, 2.45) is 0 Å². The smallest absolute Gasteiger partial charge is 0.220 e. The molecule has 0 saturated carbocycles. The Kier molecular flexibility index (Phi) is 3.98. The van der Waals surface area contributed by atoms with Crippen molar-refractivity contribution in [3.05, 3.63) is 47.7 Å². The highest BCUT2D eigenvalue weighted by atomic mass is 16.3. The first-order valence-corrected chi connectivity index (χ1v) is 7.34. The Balaban J connectivity index is 2.11. The Labute approximate surface area is 128 Å². The first-order valence-electron chi connectivity index (χ1n) is 7.34. The van der Waals surface area contributed by atoms with E-state index in [0.717, 1.165) is 46.4 Å². The number of aryl methyl sites for hydroxylation is 1. The summed E-state index contributed by atoms with van der Waals surface area (Å²) in [6.45, 7) is 2.14. The summed E-state index contributed by atoms with van der Waals surface area (Å²) < 4.78 is 0. The Morgan fingerprint density at radius 1 is 1.00 bits per heavy atom. The van der Waals surface area contributed by atoms with Gasteiger partial charge in [-0.3, -0.25) is 0 Å². The second-order valence-corrected chi connectivity index (χ2v) is 5.20. The van der Waals surface area contributed by atoms with E-state index in [1.165, 1.54) is 0 Å². The fourth-order valence-corrected chi connectivity index (χ4v) is 2.45. The molecule has 22 heavy (non-hydrogen) atoms. The molecule has 0 amide bonds. The fraction of sp³-hybridized carbons (Fsp3) is 0.235. The van der Waals surface area contributed by atoms with Gasteiger partial charge in [0.15, 0.2) is 0 Å². The van der Waals surface area contributed by atoms with Gasteiger partial charge in [-0.1, -0.05) is 37.6 Å². The third-order valence-electron chi connectivity index (χ3n) is 3.55. The molecule has 3 aromatic rings. The lowest BCUT2D eigenvalue weighted by molar-refractivity contribution is 0.282. The minimum Gasteiger partial charge on any atom is -0.392 e. The molecule has 0 aliphatic carbocycles. The molecule has 3 N–H and O–H groups in total. The van der Waals surface area contributed by atoms with Gasteiger partial charge in [0.25, 0.3) is 0 Å². The summed E-state index contributed by atoms with van der Waals surface area (Å²) in [5.41, 5.74) is 11.0. The third kappa shape index (κ3) is 2.76. The first-order chi connectivity index (χ1) is 10.7. The van der Waals surface area contributed by atoms with Crippen molar-refractivity contribution >= 4 is 17.0 Å². The lowest BCUT2D eigenvalue weighted by Crippen LogP contribution is -2.02. The van der Waals surface area contributed by atoms with Crippen LogP contribution in [0.2, 0.25) is 0 Å². The number of aliphatic hydroxyl groups is 1. The van der Waals surface area contributed by atoms with Crippen LogP contribution in [-0.4, -0.2) is 20.1 Å². The maximum Gasteiger partial charge on any atom is 0.220 e. The maximum absolute atomic E-state index is 9.12. The quantitative estimate of drug-likeness (QED) is 0.772. The van der Waals surface area contributed by atoms with Crippen LogP contribution in [0, 0.1) is 0 Å². The number of aromatic nitrogens is 3. The van der Waals surface area contributed by atoms with Crippen LogP contribution in [0.3, 0.4) is 0 Å². The van der Waals surface area contributed by atoms with E-state index in [1.807, 2.05) is 36.4 Å². The third-order valence-corrected chi connectivity index (χ3v) is 3.55. The molecule has 0 aliphatic heterocycles. The van der Waals surface area contributed by atoms with E-state index < -0.39 is 0 Å². The molecular weight excluding hydrogens is 276 g/mol. The molecule has 0 atom stereocenters. The standard InChI is InChI=1S/C17H18N4O/c1-2-3-14-16-15(21-17(18)20-14)9-8-13(19-16)12-6-4-11(10-22)5-7-12/h4-9,22H,2-3,10H2,1H3,(H2,18,20,21). The molecule has 112 valence electrons. The van der Waals surface area contributed by atoms with Crippen LogP contribution in [0.15, 0.2) is 36.4 Å². The molecule has 2 heterocycles. The number of aliphatic hydroxyl groups excluding tert-OH is 1. The van der Waals surface area contributed by atoms with Gasteiger partial charge in [-0.05, 0) is 24.1 Å². The molecule has 3 rings (SSSR count). The van der Waals surface area contributed by atoms with Crippen LogP contribution >= 0.6 is 0 Å². The number of nitrogen functional groups attached to an aromatic ring is 1. The van der Waals surface area contributed by atoms with Crippen LogP contribution in [-0.2, 0) is 13.0 Å². The highest BCUT2D eigenvalue weighted by Crippen LogP contribution is 2.23. The molecule has 0 radical (unpaired) electrons. The lowest BCUT2D eigenvalue weighted by Gasteiger charge is -2.08. The van der Waals surface area contributed by atoms with Crippen molar-refractivity contribution in [2.45, 2.75) is 26.4 Å². The minimum atomic E-state index is 0.0409. The second kappa shape index (κ2) is 6.07. The first kappa shape index (κ1) is 14.4. The summed E-state index contributed by atoms with van der Waals surface area (Å²) in [6, 6.07) is 11.6. The number of fused-ring (bicyclic) bond motifs is 1. The van der Waals surface area contributed by atoms with E-state index >= 15 is 0 Å². The Morgan fingerprint density at radius 2 is 1.77 bits per heavy atom. The van der Waals surface area contributed by atoms with E-state index in [9.17, 15) is 0 Å². The summed E-state index contributed by atoms with van der Waals surface area (Å²) in [5, 5.41) is 9.12. The number of nitrogens with two attached hydrogens (primary N) is 1. The van der Waals surface area contributed by atoms with E-state index in [1.54, 1.807) is 0 Å². The fourth-order valence-electron chi connectivity index (χ4n) is 2.45. The predicted molar refractivity (Wildman–Crippen MR) is 87.1 cm³/mol. The van der Waals surface area contributed by atoms with E-state index in [4.69, 9.17) is 15.8 Å². The van der Waals surface area contributed by atoms with Crippen molar-refractivity contribution in [1.82, 2.24) is 15.0 Å². The van der Waals surface area contributed by atoms with Gasteiger partial charge in [0.05, 0.1) is 23.5 Å². The van der Waals surface area contributed by atoms with Gasteiger partial charge >= 0.3 is 0 Å². The lowest BCUT2D eigenvalue weighted by atomic mass is 10.1. The molecule has 0 saturated heterocycles. The van der Waals surface area contributed by atoms with E-state index in [-0.39, 0.29) is 12.6 Å². The van der Waals surface area contributed by atoms with Gasteiger partial charge in [0.1, 0.15) is 5.52 Å². The number of hydrogen-bond acceptors (Lipinski definition) is 5. The molecule has 5 nitrogen and oxygen atoms in total. The number of nitrogens with zero attached hydrogens (tertiary/aromatic N) is 3. The Hall–Kier alpha value is -2.53. The zero-order chi connectivity index (χ0) is 15.5. The van der Waals surface area contributed by atoms with Gasteiger partial charge in [-0.2, -0.15) is 0 Å². The molecular formula is C17H18N4O. The largest absolute Gasteiger partial charge is 0.392 e. The average molecular weight is 294 g/mol. The number of hydrogen-bond donors (Lipinski definition) is 2. The van der Waals surface area contributed by atoms with Crippen molar-refractivity contribution in [1.29, 1.82) is 0 Å². The van der Waals surface area contributed by atoms with Gasteiger partial charge in [0, 0.05) is 5.56 Å². The Morgan fingerprint density at radius 3 is 2.45 bits per heavy atom. The molecule has 2 aromatic heterocycles. The van der Waals surface area contributed by atoms with E-state index in [2.05, 4.69) is 16.9 Å². The van der Waals surface area contributed by atoms with Crippen molar-refractivity contribution in [3.63, 3.8) is 0 Å². The molecule has 0 bridgehead atoms. The van der Waals surface area contributed by atoms with Crippen LogP contribution in [0.5, 0.6) is 0 Å². The molecule has 0 unspecified atom stereocenters. The van der Waals surface area contributed by atoms with E-state index in [0.29, 0.717) is 0 Å². The van der Waals surface area contributed by atoms with Crippen molar-refractivity contribution < 1.29 is 5.11 Å². The van der Waals surface area contributed by atoms with Gasteiger partial charge in [-0.25, -0.2) is 15.0 Å². The summed E-state index contributed by atoms with van der Waals surface area (Å²) in [5.74, 6) is 0.290. The minimum absolute atomic E-state index is 0.0409. The average Bonchev–Trinajstić information content (AvgIpc) is 2.55. The molecule has 1 aromatic carbocycles. The Bertz CT molecular complexity index is 800. The van der Waals surface area contributed by atoms with Gasteiger partial charge in [0.2, 0.25) is 5.95 Å². The van der Waals surface area contributed by atoms with Crippen LogP contribution in [0.25, 0.3) is 22.3 Å². The van der Waals surface area contributed by atoms with Gasteiger partial charge in [-0.15, -0.1) is 0 Å². The maximum atomic E-state index is 9.12. The second-order valence-electron chi connectivity index (χ2n) is 5.20. The summed E-state index contributed by atoms with van der Waals surface area (Å²) in [4.78, 5) is 13.3. The number of benzene rings is 1. The molecule has 0 spiro atoms. The predicted octanol–water partition coefficient (Wildman–Crippen LogP) is 2.72. The highest BCUT2D eigenvalue weighted by molar-refractivity contribution is 5.80. The normalized spacial score (nSPS) is 11.0. The van der Waals surface area contributed by atoms with Gasteiger partial charge < -0.3 is 10.8 Å².